The maximum atomic E-state index is 13.1. The molecule has 0 atom stereocenters. The zero-order chi connectivity index (χ0) is 21.0. The number of fused-ring (bicyclic) bond motifs is 1. The summed E-state index contributed by atoms with van der Waals surface area (Å²) in [5, 5.41) is 12.0. The Morgan fingerprint density at radius 2 is 1.65 bits per heavy atom. The Balaban J connectivity index is 1.40. The molecular weight excluding hydrogens is 388 g/mol. The lowest BCUT2D eigenvalue weighted by atomic mass is 10.1. The third-order valence-electron chi connectivity index (χ3n) is 5.60. The highest BCUT2D eigenvalue weighted by atomic mass is 16.2. The highest BCUT2D eigenvalue weighted by molar-refractivity contribution is 6.03. The molecule has 7 heteroatoms. The maximum absolute atomic E-state index is 13.1. The van der Waals surface area contributed by atoms with Crippen LogP contribution in [-0.4, -0.2) is 30.5 Å². The Labute approximate surface area is 180 Å². The van der Waals surface area contributed by atoms with Crippen molar-refractivity contribution in [3.05, 3.63) is 89.5 Å². The fourth-order valence-corrected chi connectivity index (χ4v) is 4.10. The summed E-state index contributed by atoms with van der Waals surface area (Å²) >= 11 is 0. The monoisotopic (exact) mass is 412 g/mol. The van der Waals surface area contributed by atoms with Crippen molar-refractivity contribution in [2.45, 2.75) is 38.6 Å². The average Bonchev–Trinajstić information content (AvgIpc) is 3.31. The van der Waals surface area contributed by atoms with Crippen LogP contribution in [0.2, 0.25) is 0 Å². The van der Waals surface area contributed by atoms with Crippen LogP contribution in [0.5, 0.6) is 0 Å². The summed E-state index contributed by atoms with van der Waals surface area (Å²) in [6, 6.07) is 20.0. The summed E-state index contributed by atoms with van der Waals surface area (Å²) in [4.78, 5) is 17.4. The standard InChI is InChI=1S/C24H24N6O/c31-23(26-24-25-17-29(28-24)16-18-10-4-1-5-11-18)22-20-14-8-3-9-15-21(20)30(27-22)19-12-6-2-7-13-19/h1-2,4-7,10-13,17H,3,8-9,14-16H2,(H,26,28,31). The summed E-state index contributed by atoms with van der Waals surface area (Å²) < 4.78 is 3.64. The highest BCUT2D eigenvalue weighted by Gasteiger charge is 2.25. The second-order valence-electron chi connectivity index (χ2n) is 7.79. The molecule has 1 N–H and O–H groups in total. The molecule has 0 unspecified atom stereocenters. The summed E-state index contributed by atoms with van der Waals surface area (Å²) in [5.41, 5.74) is 4.75. The van der Waals surface area contributed by atoms with E-state index in [4.69, 9.17) is 5.10 Å². The van der Waals surface area contributed by atoms with Gasteiger partial charge in [-0.15, -0.1) is 5.10 Å². The van der Waals surface area contributed by atoms with Crippen molar-refractivity contribution in [2.24, 2.45) is 0 Å². The largest absolute Gasteiger partial charge is 0.288 e. The van der Waals surface area contributed by atoms with Gasteiger partial charge in [0.2, 0.25) is 5.95 Å². The molecule has 0 saturated heterocycles. The molecule has 2 aromatic heterocycles. The third-order valence-corrected chi connectivity index (χ3v) is 5.60. The van der Waals surface area contributed by atoms with Gasteiger partial charge in [0.25, 0.3) is 5.91 Å². The number of hydrogen-bond acceptors (Lipinski definition) is 4. The number of nitrogens with one attached hydrogen (secondary N) is 1. The predicted molar refractivity (Wildman–Crippen MR) is 118 cm³/mol. The minimum absolute atomic E-state index is 0.259. The lowest BCUT2D eigenvalue weighted by molar-refractivity contribution is 0.102. The van der Waals surface area contributed by atoms with Crippen LogP contribution < -0.4 is 5.32 Å². The van der Waals surface area contributed by atoms with Gasteiger partial charge in [0.15, 0.2) is 5.69 Å². The van der Waals surface area contributed by atoms with E-state index in [1.165, 1.54) is 0 Å². The van der Waals surface area contributed by atoms with E-state index in [0.717, 1.165) is 54.6 Å². The molecule has 5 rings (SSSR count). The molecule has 0 aliphatic heterocycles. The molecule has 0 radical (unpaired) electrons. The number of hydrogen-bond donors (Lipinski definition) is 1. The minimum Gasteiger partial charge on any atom is -0.288 e. The number of para-hydroxylation sites is 1. The lowest BCUT2D eigenvalue weighted by Gasteiger charge is -2.06. The smallest absolute Gasteiger partial charge is 0.278 e. The number of anilines is 1. The summed E-state index contributed by atoms with van der Waals surface area (Å²) in [6.07, 6.45) is 6.76. The molecule has 1 aliphatic rings. The Morgan fingerprint density at radius 3 is 2.45 bits per heavy atom. The Hall–Kier alpha value is -3.74. The first-order valence-electron chi connectivity index (χ1n) is 10.7. The summed E-state index contributed by atoms with van der Waals surface area (Å²) in [7, 11) is 0. The van der Waals surface area contributed by atoms with E-state index in [1.807, 2.05) is 65.3 Å². The molecule has 1 amide bonds. The van der Waals surface area contributed by atoms with Crippen LogP contribution in [0.25, 0.3) is 5.69 Å². The van der Waals surface area contributed by atoms with Crippen LogP contribution in [0.15, 0.2) is 67.0 Å². The second-order valence-corrected chi connectivity index (χ2v) is 7.79. The first kappa shape index (κ1) is 19.2. The van der Waals surface area contributed by atoms with E-state index in [1.54, 1.807) is 11.0 Å². The van der Waals surface area contributed by atoms with Crippen LogP contribution in [-0.2, 0) is 19.4 Å². The number of carbonyl (C=O) groups is 1. The zero-order valence-corrected chi connectivity index (χ0v) is 17.2. The molecular formula is C24H24N6O. The van der Waals surface area contributed by atoms with Crippen molar-refractivity contribution in [3.8, 4) is 5.69 Å². The van der Waals surface area contributed by atoms with Crippen LogP contribution in [0, 0.1) is 0 Å². The molecule has 4 aromatic rings. The predicted octanol–water partition coefficient (Wildman–Crippen LogP) is 4.03. The van der Waals surface area contributed by atoms with Gasteiger partial charge in [-0.3, -0.25) is 10.1 Å². The number of nitrogens with zero attached hydrogens (tertiary/aromatic N) is 5. The van der Waals surface area contributed by atoms with Crippen molar-refractivity contribution < 1.29 is 4.79 Å². The number of carbonyl (C=O) groups excluding carboxylic acids is 1. The number of benzene rings is 2. The quantitative estimate of drug-likeness (QED) is 0.502. The van der Waals surface area contributed by atoms with Crippen molar-refractivity contribution >= 4 is 11.9 Å². The zero-order valence-electron chi connectivity index (χ0n) is 17.2. The van der Waals surface area contributed by atoms with Gasteiger partial charge in [-0.2, -0.15) is 5.10 Å². The highest BCUT2D eigenvalue weighted by Crippen LogP contribution is 2.26. The number of rotatable bonds is 5. The minimum atomic E-state index is -0.259. The average molecular weight is 412 g/mol. The molecule has 7 nitrogen and oxygen atoms in total. The van der Waals surface area contributed by atoms with Gasteiger partial charge in [-0.1, -0.05) is 55.0 Å². The van der Waals surface area contributed by atoms with Crippen molar-refractivity contribution in [3.63, 3.8) is 0 Å². The molecule has 0 saturated carbocycles. The second kappa shape index (κ2) is 8.55. The SMILES string of the molecule is O=C(Nc1ncn(Cc2ccccc2)n1)c1nn(-c2ccccc2)c2c1CCCCC2. The summed E-state index contributed by atoms with van der Waals surface area (Å²) in [5.74, 6) is 0.0304. The van der Waals surface area contributed by atoms with E-state index in [-0.39, 0.29) is 11.9 Å². The molecule has 31 heavy (non-hydrogen) atoms. The maximum Gasteiger partial charge on any atom is 0.278 e. The van der Waals surface area contributed by atoms with Gasteiger partial charge in [-0.05, 0) is 43.4 Å². The van der Waals surface area contributed by atoms with E-state index in [0.29, 0.717) is 12.2 Å². The number of aromatic nitrogens is 5. The third kappa shape index (κ3) is 4.12. The van der Waals surface area contributed by atoms with Crippen LogP contribution in [0.3, 0.4) is 0 Å². The van der Waals surface area contributed by atoms with Crippen LogP contribution in [0.1, 0.15) is 46.6 Å². The van der Waals surface area contributed by atoms with E-state index >= 15 is 0 Å². The van der Waals surface area contributed by atoms with E-state index in [2.05, 4.69) is 15.4 Å². The van der Waals surface area contributed by atoms with Crippen molar-refractivity contribution in [1.29, 1.82) is 0 Å². The topological polar surface area (TPSA) is 77.6 Å². The first-order valence-corrected chi connectivity index (χ1v) is 10.7. The summed E-state index contributed by atoms with van der Waals surface area (Å²) in [6.45, 7) is 0.599. The molecule has 1 aliphatic carbocycles. The first-order chi connectivity index (χ1) is 15.3. The Kier molecular flexibility index (Phi) is 5.31. The van der Waals surface area contributed by atoms with Gasteiger partial charge >= 0.3 is 0 Å². The van der Waals surface area contributed by atoms with E-state index < -0.39 is 0 Å². The van der Waals surface area contributed by atoms with E-state index in [9.17, 15) is 4.79 Å². The molecule has 0 bridgehead atoms. The van der Waals surface area contributed by atoms with Gasteiger partial charge in [0.05, 0.1) is 12.2 Å². The molecule has 0 spiro atoms. The normalized spacial score (nSPS) is 13.4. The van der Waals surface area contributed by atoms with Crippen LogP contribution in [0.4, 0.5) is 5.95 Å². The molecule has 0 fully saturated rings. The molecule has 2 heterocycles. The fourth-order valence-electron chi connectivity index (χ4n) is 4.10. The molecule has 2 aromatic carbocycles. The van der Waals surface area contributed by atoms with Crippen molar-refractivity contribution in [2.75, 3.05) is 5.32 Å². The van der Waals surface area contributed by atoms with Gasteiger partial charge < -0.3 is 0 Å². The van der Waals surface area contributed by atoms with Gasteiger partial charge in [-0.25, -0.2) is 14.3 Å². The Bertz CT molecular complexity index is 1180. The Morgan fingerprint density at radius 1 is 0.903 bits per heavy atom. The molecule has 156 valence electrons. The van der Waals surface area contributed by atoms with Gasteiger partial charge in [0.1, 0.15) is 6.33 Å². The fraction of sp³-hybridized carbons (Fsp3) is 0.250. The number of amides is 1. The van der Waals surface area contributed by atoms with Crippen molar-refractivity contribution in [1.82, 2.24) is 24.5 Å². The lowest BCUT2D eigenvalue weighted by Crippen LogP contribution is -2.16. The van der Waals surface area contributed by atoms with Gasteiger partial charge in [0, 0.05) is 11.3 Å². The van der Waals surface area contributed by atoms with Crippen LogP contribution >= 0.6 is 0 Å².